The second kappa shape index (κ2) is 7.15. The van der Waals surface area contributed by atoms with Crippen LogP contribution in [0.2, 0.25) is 0 Å². The first-order valence-corrected chi connectivity index (χ1v) is 10.8. The van der Waals surface area contributed by atoms with Crippen LogP contribution < -0.4 is 5.32 Å². The van der Waals surface area contributed by atoms with Crippen molar-refractivity contribution in [1.82, 2.24) is 29.6 Å². The lowest BCUT2D eigenvalue weighted by Gasteiger charge is -2.32. The van der Waals surface area contributed by atoms with Gasteiger partial charge in [-0.25, -0.2) is 9.97 Å². The molecule has 1 N–H and O–H groups in total. The molecule has 1 saturated carbocycles. The van der Waals surface area contributed by atoms with Crippen molar-refractivity contribution in [3.63, 3.8) is 0 Å². The van der Waals surface area contributed by atoms with Crippen LogP contribution in [0, 0.1) is 11.3 Å². The maximum absolute atomic E-state index is 12.9. The maximum Gasteiger partial charge on any atom is 0.287 e. The van der Waals surface area contributed by atoms with Crippen molar-refractivity contribution in [2.75, 3.05) is 19.6 Å². The first kappa shape index (κ1) is 19.0. The SMILES string of the molecule is O=C(NCC1CC12CCN(C(=O)c1cn3cccnc3n1)CC2)c1cc2ccncc2o1. The molecular formula is C23H22N6O3. The van der Waals surface area contributed by atoms with E-state index < -0.39 is 0 Å². The van der Waals surface area contributed by atoms with Crippen molar-refractivity contribution in [3.05, 3.63) is 60.6 Å². The van der Waals surface area contributed by atoms with Gasteiger partial charge in [0.25, 0.3) is 11.8 Å². The number of amides is 2. The van der Waals surface area contributed by atoms with E-state index in [1.54, 1.807) is 35.3 Å². The van der Waals surface area contributed by atoms with Gasteiger partial charge in [-0.3, -0.25) is 19.0 Å². The molecule has 0 radical (unpaired) electrons. The Labute approximate surface area is 183 Å². The highest BCUT2D eigenvalue weighted by Crippen LogP contribution is 2.59. The van der Waals surface area contributed by atoms with Gasteiger partial charge < -0.3 is 14.6 Å². The highest BCUT2D eigenvalue weighted by molar-refractivity contribution is 5.96. The highest BCUT2D eigenvalue weighted by Gasteiger charge is 2.54. The van der Waals surface area contributed by atoms with Crippen LogP contribution in [0.4, 0.5) is 0 Å². The first-order valence-electron chi connectivity index (χ1n) is 10.8. The van der Waals surface area contributed by atoms with Crippen LogP contribution in [0.5, 0.6) is 0 Å². The standard InChI is InChI=1S/C23H22N6O3/c30-20(18-10-15-2-6-24-13-19(15)32-18)26-12-16-11-23(16)3-8-28(9-4-23)21(31)17-14-29-7-1-5-25-22(29)27-17/h1-2,5-7,10,13-14,16H,3-4,8-9,11-12H2,(H,26,30). The van der Waals surface area contributed by atoms with E-state index >= 15 is 0 Å². The van der Waals surface area contributed by atoms with E-state index in [0.29, 0.717) is 48.4 Å². The van der Waals surface area contributed by atoms with Crippen LogP contribution in [0.1, 0.15) is 40.3 Å². The van der Waals surface area contributed by atoms with E-state index in [9.17, 15) is 9.59 Å². The summed E-state index contributed by atoms with van der Waals surface area (Å²) in [6, 6.07) is 5.38. The number of nitrogens with zero attached hydrogens (tertiary/aromatic N) is 5. The fourth-order valence-electron chi connectivity index (χ4n) is 4.88. The number of carbonyl (C=O) groups excluding carboxylic acids is 2. The first-order chi connectivity index (χ1) is 15.6. The quantitative estimate of drug-likeness (QED) is 0.533. The van der Waals surface area contributed by atoms with Crippen molar-refractivity contribution in [2.24, 2.45) is 11.3 Å². The van der Waals surface area contributed by atoms with Crippen molar-refractivity contribution in [3.8, 4) is 0 Å². The average Bonchev–Trinajstić information content (AvgIpc) is 3.18. The lowest BCUT2D eigenvalue weighted by molar-refractivity contribution is 0.0663. The smallest absolute Gasteiger partial charge is 0.287 e. The highest BCUT2D eigenvalue weighted by atomic mass is 16.3. The van der Waals surface area contributed by atoms with Gasteiger partial charge in [-0.05, 0) is 48.8 Å². The molecule has 1 atom stereocenters. The number of carbonyl (C=O) groups is 2. The Morgan fingerprint density at radius 1 is 1.25 bits per heavy atom. The average molecular weight is 430 g/mol. The number of hydrogen-bond acceptors (Lipinski definition) is 6. The van der Waals surface area contributed by atoms with Crippen molar-refractivity contribution < 1.29 is 14.0 Å². The molecule has 2 fully saturated rings. The summed E-state index contributed by atoms with van der Waals surface area (Å²) in [5.74, 6) is 1.04. The van der Waals surface area contributed by atoms with Crippen LogP contribution in [-0.2, 0) is 0 Å². The Hall–Kier alpha value is -3.75. The zero-order chi connectivity index (χ0) is 21.7. The number of hydrogen-bond donors (Lipinski definition) is 1. The molecule has 1 aliphatic carbocycles. The van der Waals surface area contributed by atoms with E-state index in [1.165, 1.54) is 0 Å². The number of likely N-dealkylation sites (tertiary alicyclic amines) is 1. The molecule has 2 aliphatic rings. The van der Waals surface area contributed by atoms with Gasteiger partial charge in [0.1, 0.15) is 5.69 Å². The molecule has 9 heteroatoms. The zero-order valence-corrected chi connectivity index (χ0v) is 17.4. The Morgan fingerprint density at radius 3 is 2.94 bits per heavy atom. The number of imidazole rings is 1. The van der Waals surface area contributed by atoms with Gasteiger partial charge in [-0.1, -0.05) is 0 Å². The minimum Gasteiger partial charge on any atom is -0.449 e. The molecule has 4 aromatic rings. The number of pyridine rings is 1. The molecule has 1 saturated heterocycles. The summed E-state index contributed by atoms with van der Waals surface area (Å²) in [6.07, 6.45) is 11.5. The van der Waals surface area contributed by atoms with Gasteiger partial charge in [0, 0.05) is 49.8 Å². The van der Waals surface area contributed by atoms with Crippen LogP contribution in [0.3, 0.4) is 0 Å². The molecule has 4 aromatic heterocycles. The van der Waals surface area contributed by atoms with Gasteiger partial charge in [0.15, 0.2) is 11.3 Å². The van der Waals surface area contributed by atoms with Crippen LogP contribution >= 0.6 is 0 Å². The Kier molecular flexibility index (Phi) is 4.24. The summed E-state index contributed by atoms with van der Waals surface area (Å²) in [6.45, 7) is 2.04. The predicted molar refractivity (Wildman–Crippen MR) is 115 cm³/mol. The fraction of sp³-hybridized carbons (Fsp3) is 0.348. The summed E-state index contributed by atoms with van der Waals surface area (Å²) in [4.78, 5) is 39.8. The zero-order valence-electron chi connectivity index (χ0n) is 17.4. The number of nitrogens with one attached hydrogen (secondary N) is 1. The molecule has 32 heavy (non-hydrogen) atoms. The largest absolute Gasteiger partial charge is 0.449 e. The van der Waals surface area contributed by atoms with E-state index in [4.69, 9.17) is 4.42 Å². The molecule has 2 amide bonds. The molecule has 6 rings (SSSR count). The minimum absolute atomic E-state index is 0.0461. The molecule has 0 aromatic carbocycles. The van der Waals surface area contributed by atoms with Gasteiger partial charge in [-0.2, -0.15) is 0 Å². The number of piperidine rings is 1. The topological polar surface area (TPSA) is 106 Å². The fourth-order valence-corrected chi connectivity index (χ4v) is 4.88. The lowest BCUT2D eigenvalue weighted by atomic mass is 9.90. The maximum atomic E-state index is 12.9. The second-order valence-corrected chi connectivity index (χ2v) is 8.74. The van der Waals surface area contributed by atoms with Crippen molar-refractivity contribution in [2.45, 2.75) is 19.3 Å². The summed E-state index contributed by atoms with van der Waals surface area (Å²) in [5, 5.41) is 3.88. The monoisotopic (exact) mass is 430 g/mol. The molecule has 1 unspecified atom stereocenters. The summed E-state index contributed by atoms with van der Waals surface area (Å²) >= 11 is 0. The number of rotatable bonds is 4. The molecule has 9 nitrogen and oxygen atoms in total. The number of fused-ring (bicyclic) bond motifs is 2. The van der Waals surface area contributed by atoms with E-state index in [-0.39, 0.29) is 17.2 Å². The number of aromatic nitrogens is 4. The molecular weight excluding hydrogens is 408 g/mol. The molecule has 1 spiro atoms. The van der Waals surface area contributed by atoms with Crippen molar-refractivity contribution in [1.29, 1.82) is 0 Å². The Balaban J connectivity index is 1.04. The molecule has 5 heterocycles. The lowest BCUT2D eigenvalue weighted by Crippen LogP contribution is -2.40. The summed E-state index contributed by atoms with van der Waals surface area (Å²) < 4.78 is 7.35. The van der Waals surface area contributed by atoms with E-state index in [0.717, 1.165) is 24.6 Å². The molecule has 162 valence electrons. The summed E-state index contributed by atoms with van der Waals surface area (Å²) in [7, 11) is 0. The Morgan fingerprint density at radius 2 is 2.12 bits per heavy atom. The van der Waals surface area contributed by atoms with E-state index in [1.807, 2.05) is 23.2 Å². The second-order valence-electron chi connectivity index (χ2n) is 8.74. The van der Waals surface area contributed by atoms with Crippen LogP contribution in [-0.4, -0.2) is 55.7 Å². The predicted octanol–water partition coefficient (Wildman–Crippen LogP) is 2.54. The third-order valence-corrected chi connectivity index (χ3v) is 6.92. The Bertz CT molecular complexity index is 1270. The van der Waals surface area contributed by atoms with Gasteiger partial charge in [0.05, 0.1) is 6.20 Å². The van der Waals surface area contributed by atoms with Crippen molar-refractivity contribution >= 4 is 28.6 Å². The third kappa shape index (κ3) is 3.21. The van der Waals surface area contributed by atoms with Crippen LogP contribution in [0.25, 0.3) is 16.7 Å². The normalized spacial score (nSPS) is 19.5. The van der Waals surface area contributed by atoms with Crippen LogP contribution in [0.15, 0.2) is 53.6 Å². The minimum atomic E-state index is -0.198. The van der Waals surface area contributed by atoms with Gasteiger partial charge >= 0.3 is 0 Å². The molecule has 1 aliphatic heterocycles. The van der Waals surface area contributed by atoms with E-state index in [2.05, 4.69) is 20.3 Å². The van der Waals surface area contributed by atoms with Gasteiger partial charge in [0.2, 0.25) is 5.78 Å². The molecule has 0 bridgehead atoms. The summed E-state index contributed by atoms with van der Waals surface area (Å²) in [5.41, 5.74) is 1.27. The van der Waals surface area contributed by atoms with Gasteiger partial charge in [-0.15, -0.1) is 0 Å². The number of furan rings is 1. The third-order valence-electron chi connectivity index (χ3n) is 6.92.